The van der Waals surface area contributed by atoms with Gasteiger partial charge in [0, 0.05) is 49.7 Å². The van der Waals surface area contributed by atoms with Crippen LogP contribution in [0.15, 0.2) is 24.8 Å². The van der Waals surface area contributed by atoms with E-state index in [9.17, 15) is 0 Å². The molecule has 3 heterocycles. The molecule has 0 radical (unpaired) electrons. The van der Waals surface area contributed by atoms with Gasteiger partial charge < -0.3 is 9.47 Å². The summed E-state index contributed by atoms with van der Waals surface area (Å²) in [5, 5.41) is 0. The lowest BCUT2D eigenvalue weighted by atomic mass is 10.00. The van der Waals surface area contributed by atoms with Crippen molar-refractivity contribution in [2.24, 2.45) is 5.92 Å². The van der Waals surface area contributed by atoms with E-state index < -0.39 is 0 Å². The van der Waals surface area contributed by atoms with Crippen LogP contribution in [0.25, 0.3) is 0 Å². The molecule has 3 rings (SSSR count). The van der Waals surface area contributed by atoms with Crippen molar-refractivity contribution in [1.82, 2.24) is 19.5 Å². The first-order valence-electron chi connectivity index (χ1n) is 6.23. The molecule has 0 saturated carbocycles. The first-order valence-corrected chi connectivity index (χ1v) is 6.23. The van der Waals surface area contributed by atoms with Crippen LogP contribution in [0.1, 0.15) is 11.5 Å². The van der Waals surface area contributed by atoms with Gasteiger partial charge in [0.05, 0.1) is 6.33 Å². The Morgan fingerprint density at radius 1 is 1.28 bits per heavy atom. The Kier molecular flexibility index (Phi) is 2.74. The van der Waals surface area contributed by atoms with E-state index in [1.807, 2.05) is 32.6 Å². The Hall–Kier alpha value is -1.91. The largest absolute Gasteiger partial charge is 0.356 e. The maximum atomic E-state index is 4.48. The zero-order valence-electron chi connectivity index (χ0n) is 10.7. The zero-order valence-corrected chi connectivity index (χ0v) is 10.7. The SMILES string of the molecule is Cc1cc(N2CC(Cn3ccnc3)C2)nc(C)n1. The van der Waals surface area contributed by atoms with Crippen molar-refractivity contribution in [3.63, 3.8) is 0 Å². The van der Waals surface area contributed by atoms with E-state index in [2.05, 4.69) is 30.5 Å². The predicted octanol–water partition coefficient (Wildman–Crippen LogP) is 1.43. The minimum absolute atomic E-state index is 0.690. The van der Waals surface area contributed by atoms with Crippen LogP contribution in [0.3, 0.4) is 0 Å². The van der Waals surface area contributed by atoms with Crippen LogP contribution < -0.4 is 4.90 Å². The molecule has 5 nitrogen and oxygen atoms in total. The van der Waals surface area contributed by atoms with Gasteiger partial charge in [-0.05, 0) is 13.8 Å². The topological polar surface area (TPSA) is 46.8 Å². The third-order valence-corrected chi connectivity index (χ3v) is 3.26. The van der Waals surface area contributed by atoms with Crippen molar-refractivity contribution >= 4 is 5.82 Å². The van der Waals surface area contributed by atoms with Crippen molar-refractivity contribution in [3.8, 4) is 0 Å². The Morgan fingerprint density at radius 3 is 2.78 bits per heavy atom. The van der Waals surface area contributed by atoms with E-state index >= 15 is 0 Å². The minimum Gasteiger partial charge on any atom is -0.356 e. The average Bonchev–Trinajstić information content (AvgIpc) is 2.73. The van der Waals surface area contributed by atoms with Gasteiger partial charge in [-0.3, -0.25) is 0 Å². The number of imidazole rings is 1. The van der Waals surface area contributed by atoms with E-state index in [1.165, 1.54) is 0 Å². The number of aryl methyl sites for hydroxylation is 2. The summed E-state index contributed by atoms with van der Waals surface area (Å²) < 4.78 is 2.14. The minimum atomic E-state index is 0.690. The third-order valence-electron chi connectivity index (χ3n) is 3.26. The van der Waals surface area contributed by atoms with Gasteiger partial charge >= 0.3 is 0 Å². The van der Waals surface area contributed by atoms with E-state index in [4.69, 9.17) is 0 Å². The van der Waals surface area contributed by atoms with Gasteiger partial charge in [0.25, 0.3) is 0 Å². The fourth-order valence-corrected chi connectivity index (χ4v) is 2.42. The van der Waals surface area contributed by atoms with Gasteiger partial charge in [0.1, 0.15) is 11.6 Å². The van der Waals surface area contributed by atoms with Crippen LogP contribution in [0.5, 0.6) is 0 Å². The Morgan fingerprint density at radius 2 is 2.11 bits per heavy atom. The quantitative estimate of drug-likeness (QED) is 0.818. The molecule has 0 aliphatic carbocycles. The second-order valence-corrected chi connectivity index (χ2v) is 4.95. The molecule has 1 fully saturated rings. The lowest BCUT2D eigenvalue weighted by molar-refractivity contribution is 0.355. The summed E-state index contributed by atoms with van der Waals surface area (Å²) >= 11 is 0. The smallest absolute Gasteiger partial charge is 0.132 e. The molecule has 2 aromatic rings. The molecular formula is C13H17N5. The summed E-state index contributed by atoms with van der Waals surface area (Å²) in [5.74, 6) is 2.60. The van der Waals surface area contributed by atoms with Crippen molar-refractivity contribution in [2.75, 3.05) is 18.0 Å². The molecule has 0 atom stereocenters. The highest BCUT2D eigenvalue weighted by atomic mass is 15.3. The Bertz CT molecular complexity index is 508. The zero-order chi connectivity index (χ0) is 12.5. The highest BCUT2D eigenvalue weighted by Crippen LogP contribution is 2.24. The molecule has 5 heteroatoms. The van der Waals surface area contributed by atoms with Gasteiger partial charge in [-0.25, -0.2) is 15.0 Å². The maximum Gasteiger partial charge on any atom is 0.132 e. The first-order chi connectivity index (χ1) is 8.70. The molecule has 94 valence electrons. The molecule has 0 N–H and O–H groups in total. The Balaban J connectivity index is 1.61. The summed E-state index contributed by atoms with van der Waals surface area (Å²) in [7, 11) is 0. The molecule has 0 amide bonds. The maximum absolute atomic E-state index is 4.48. The van der Waals surface area contributed by atoms with E-state index in [0.29, 0.717) is 5.92 Å². The monoisotopic (exact) mass is 243 g/mol. The fraction of sp³-hybridized carbons (Fsp3) is 0.462. The van der Waals surface area contributed by atoms with Crippen LogP contribution in [0, 0.1) is 19.8 Å². The van der Waals surface area contributed by atoms with Gasteiger partial charge in [-0.1, -0.05) is 0 Å². The molecule has 2 aromatic heterocycles. The molecule has 18 heavy (non-hydrogen) atoms. The van der Waals surface area contributed by atoms with Gasteiger partial charge in [-0.15, -0.1) is 0 Å². The molecule has 0 bridgehead atoms. The fourth-order valence-electron chi connectivity index (χ4n) is 2.42. The van der Waals surface area contributed by atoms with Crippen LogP contribution in [-0.2, 0) is 6.54 Å². The van der Waals surface area contributed by atoms with E-state index in [-0.39, 0.29) is 0 Å². The number of aromatic nitrogens is 4. The lowest BCUT2D eigenvalue weighted by Crippen LogP contribution is -2.49. The standard InChI is InChI=1S/C13H17N5/c1-10-5-13(16-11(2)15-10)18-7-12(8-18)6-17-4-3-14-9-17/h3-5,9,12H,6-8H2,1-2H3. The van der Waals surface area contributed by atoms with Crippen molar-refractivity contribution in [2.45, 2.75) is 20.4 Å². The van der Waals surface area contributed by atoms with Crippen LogP contribution in [0.4, 0.5) is 5.82 Å². The van der Waals surface area contributed by atoms with Gasteiger partial charge in [0.15, 0.2) is 0 Å². The first kappa shape index (κ1) is 11.2. The van der Waals surface area contributed by atoms with Gasteiger partial charge in [0.2, 0.25) is 0 Å². The lowest BCUT2D eigenvalue weighted by Gasteiger charge is -2.40. The van der Waals surface area contributed by atoms with E-state index in [0.717, 1.165) is 37.0 Å². The molecule has 0 spiro atoms. The number of anilines is 1. The number of rotatable bonds is 3. The second-order valence-electron chi connectivity index (χ2n) is 4.95. The summed E-state index contributed by atoms with van der Waals surface area (Å²) in [5.41, 5.74) is 1.04. The molecule has 0 aromatic carbocycles. The third kappa shape index (κ3) is 2.20. The number of nitrogens with zero attached hydrogens (tertiary/aromatic N) is 5. The van der Waals surface area contributed by atoms with Crippen molar-refractivity contribution < 1.29 is 0 Å². The summed E-state index contributed by atoms with van der Waals surface area (Å²) in [4.78, 5) is 15.2. The van der Waals surface area contributed by atoms with E-state index in [1.54, 1.807) is 0 Å². The summed E-state index contributed by atoms with van der Waals surface area (Å²) in [6, 6.07) is 2.06. The predicted molar refractivity (Wildman–Crippen MR) is 69.4 cm³/mol. The number of hydrogen-bond donors (Lipinski definition) is 0. The van der Waals surface area contributed by atoms with Crippen LogP contribution in [-0.4, -0.2) is 32.6 Å². The molecule has 0 unspecified atom stereocenters. The number of hydrogen-bond acceptors (Lipinski definition) is 4. The summed E-state index contributed by atoms with van der Waals surface area (Å²) in [6.07, 6.45) is 5.72. The molecular weight excluding hydrogens is 226 g/mol. The molecule has 1 aliphatic rings. The van der Waals surface area contributed by atoms with Crippen molar-refractivity contribution in [1.29, 1.82) is 0 Å². The highest BCUT2D eigenvalue weighted by Gasteiger charge is 2.28. The van der Waals surface area contributed by atoms with Crippen LogP contribution in [0.2, 0.25) is 0 Å². The van der Waals surface area contributed by atoms with Gasteiger partial charge in [-0.2, -0.15) is 0 Å². The second kappa shape index (κ2) is 4.40. The Labute approximate surface area is 107 Å². The normalized spacial score (nSPS) is 15.8. The van der Waals surface area contributed by atoms with Crippen molar-refractivity contribution in [3.05, 3.63) is 36.3 Å². The summed E-state index contributed by atoms with van der Waals surface area (Å²) in [6.45, 7) is 7.13. The molecule has 1 saturated heterocycles. The van der Waals surface area contributed by atoms with Crippen LogP contribution >= 0.6 is 0 Å². The average molecular weight is 243 g/mol. The molecule has 1 aliphatic heterocycles. The highest BCUT2D eigenvalue weighted by molar-refractivity contribution is 5.42.